The molecule has 3 N–H and O–H groups in total. The van der Waals surface area contributed by atoms with Crippen LogP contribution in [0.4, 0.5) is 0 Å². The third kappa shape index (κ3) is 3.46. The summed E-state index contributed by atoms with van der Waals surface area (Å²) in [6.45, 7) is 14.2. The van der Waals surface area contributed by atoms with Crippen molar-refractivity contribution >= 4 is 0 Å². The molecule has 1 unspecified atom stereocenters. The van der Waals surface area contributed by atoms with Crippen LogP contribution in [-0.4, -0.2) is 18.2 Å². The maximum atomic E-state index is 6.20. The van der Waals surface area contributed by atoms with Gasteiger partial charge in [0.25, 0.3) is 0 Å². The maximum absolute atomic E-state index is 6.20. The lowest BCUT2D eigenvalue weighted by Crippen LogP contribution is -2.62. The summed E-state index contributed by atoms with van der Waals surface area (Å²) in [7, 11) is 0. The zero-order chi connectivity index (χ0) is 14.0. The van der Waals surface area contributed by atoms with Gasteiger partial charge in [-0.2, -0.15) is 0 Å². The molecular weight excluding hydrogens is 224 g/mol. The standard InChI is InChI=1S/C15H32N2O/c1-7-18-15(12(17-16)13(2,3)4)10-8-14(5,6)9-11-15/h12,17H,7-11,16H2,1-6H3. The number of hydrogen-bond donors (Lipinski definition) is 2. The first-order valence-corrected chi connectivity index (χ1v) is 7.27. The highest BCUT2D eigenvalue weighted by Gasteiger charge is 2.48. The summed E-state index contributed by atoms with van der Waals surface area (Å²) in [5.41, 5.74) is 3.48. The van der Waals surface area contributed by atoms with E-state index in [2.05, 4.69) is 47.0 Å². The second kappa shape index (κ2) is 5.48. The van der Waals surface area contributed by atoms with Crippen molar-refractivity contribution in [1.82, 2.24) is 5.43 Å². The fourth-order valence-corrected chi connectivity index (χ4v) is 3.34. The number of rotatable bonds is 4. The predicted octanol–water partition coefficient (Wildman–Crippen LogP) is 3.24. The fraction of sp³-hybridized carbons (Fsp3) is 1.00. The van der Waals surface area contributed by atoms with Gasteiger partial charge in [-0.25, -0.2) is 0 Å². The van der Waals surface area contributed by atoms with Crippen LogP contribution in [-0.2, 0) is 4.74 Å². The summed E-state index contributed by atoms with van der Waals surface area (Å²) in [4.78, 5) is 0. The van der Waals surface area contributed by atoms with Crippen molar-refractivity contribution in [1.29, 1.82) is 0 Å². The van der Waals surface area contributed by atoms with Crippen molar-refractivity contribution in [2.24, 2.45) is 16.7 Å². The molecule has 1 aliphatic rings. The van der Waals surface area contributed by atoms with E-state index < -0.39 is 0 Å². The molecule has 0 aromatic heterocycles. The largest absolute Gasteiger partial charge is 0.374 e. The summed E-state index contributed by atoms with van der Waals surface area (Å²) in [5.74, 6) is 5.84. The molecule has 1 rings (SSSR count). The predicted molar refractivity (Wildman–Crippen MR) is 77.2 cm³/mol. The Labute approximate surface area is 113 Å². The van der Waals surface area contributed by atoms with E-state index in [-0.39, 0.29) is 17.1 Å². The van der Waals surface area contributed by atoms with Crippen molar-refractivity contribution in [2.75, 3.05) is 6.61 Å². The molecule has 0 aromatic carbocycles. The van der Waals surface area contributed by atoms with Crippen molar-refractivity contribution in [3.63, 3.8) is 0 Å². The molecular formula is C15H32N2O. The Balaban J connectivity index is 2.94. The molecule has 0 heterocycles. The molecule has 0 aromatic rings. The molecule has 108 valence electrons. The zero-order valence-electron chi connectivity index (χ0n) is 13.1. The molecule has 0 amide bonds. The summed E-state index contributed by atoms with van der Waals surface area (Å²) in [5, 5.41) is 0. The van der Waals surface area contributed by atoms with E-state index in [9.17, 15) is 0 Å². The van der Waals surface area contributed by atoms with Gasteiger partial charge < -0.3 is 4.74 Å². The van der Waals surface area contributed by atoms with Crippen molar-refractivity contribution in [2.45, 2.75) is 78.9 Å². The summed E-state index contributed by atoms with van der Waals surface area (Å²) >= 11 is 0. The highest BCUT2D eigenvalue weighted by molar-refractivity contribution is 5.02. The molecule has 3 heteroatoms. The summed E-state index contributed by atoms with van der Waals surface area (Å²) < 4.78 is 6.20. The molecule has 0 saturated heterocycles. The molecule has 1 atom stereocenters. The van der Waals surface area contributed by atoms with E-state index in [1.54, 1.807) is 0 Å². The first kappa shape index (κ1) is 15.9. The second-order valence-electron chi connectivity index (χ2n) is 7.63. The van der Waals surface area contributed by atoms with E-state index in [1.165, 1.54) is 12.8 Å². The van der Waals surface area contributed by atoms with E-state index in [0.717, 1.165) is 19.4 Å². The third-order valence-corrected chi connectivity index (χ3v) is 4.44. The van der Waals surface area contributed by atoms with Crippen LogP contribution in [0, 0.1) is 10.8 Å². The minimum Gasteiger partial charge on any atom is -0.374 e. The van der Waals surface area contributed by atoms with Gasteiger partial charge in [0.1, 0.15) is 0 Å². The minimum atomic E-state index is -0.0999. The van der Waals surface area contributed by atoms with Crippen LogP contribution in [0.3, 0.4) is 0 Å². The molecule has 1 fully saturated rings. The fourth-order valence-electron chi connectivity index (χ4n) is 3.34. The number of hydrogen-bond acceptors (Lipinski definition) is 3. The highest BCUT2D eigenvalue weighted by atomic mass is 16.5. The van der Waals surface area contributed by atoms with Crippen LogP contribution in [0.15, 0.2) is 0 Å². The molecule has 0 bridgehead atoms. The van der Waals surface area contributed by atoms with Gasteiger partial charge in [0.15, 0.2) is 0 Å². The van der Waals surface area contributed by atoms with Crippen molar-refractivity contribution in [3.05, 3.63) is 0 Å². The average Bonchev–Trinajstić information content (AvgIpc) is 2.22. The first-order valence-electron chi connectivity index (χ1n) is 7.27. The Hall–Kier alpha value is -0.120. The lowest BCUT2D eigenvalue weighted by atomic mass is 9.64. The van der Waals surface area contributed by atoms with Gasteiger partial charge in [-0.3, -0.25) is 11.3 Å². The lowest BCUT2D eigenvalue weighted by molar-refractivity contribution is -0.127. The smallest absolute Gasteiger partial charge is 0.0853 e. The second-order valence-corrected chi connectivity index (χ2v) is 7.63. The van der Waals surface area contributed by atoms with E-state index >= 15 is 0 Å². The Morgan fingerprint density at radius 3 is 2.00 bits per heavy atom. The van der Waals surface area contributed by atoms with Crippen molar-refractivity contribution in [3.8, 4) is 0 Å². The van der Waals surface area contributed by atoms with Crippen molar-refractivity contribution < 1.29 is 4.74 Å². The van der Waals surface area contributed by atoms with Crippen LogP contribution < -0.4 is 11.3 Å². The SMILES string of the molecule is CCOC1(C(NN)C(C)(C)C)CCC(C)(C)CC1. The van der Waals surface area contributed by atoms with Crippen LogP contribution in [0.5, 0.6) is 0 Å². The Bertz CT molecular complexity index is 258. The van der Waals surface area contributed by atoms with E-state index in [0.29, 0.717) is 5.41 Å². The summed E-state index contributed by atoms with van der Waals surface area (Å²) in [6, 6.07) is 0.195. The Kier molecular flexibility index (Phi) is 4.85. The molecule has 1 saturated carbocycles. The van der Waals surface area contributed by atoms with Crippen LogP contribution in [0.2, 0.25) is 0 Å². The normalized spacial score (nSPS) is 24.8. The maximum Gasteiger partial charge on any atom is 0.0853 e. The van der Waals surface area contributed by atoms with Gasteiger partial charge in [-0.05, 0) is 43.4 Å². The van der Waals surface area contributed by atoms with Gasteiger partial charge in [-0.15, -0.1) is 0 Å². The lowest BCUT2D eigenvalue weighted by Gasteiger charge is -2.51. The zero-order valence-corrected chi connectivity index (χ0v) is 13.1. The van der Waals surface area contributed by atoms with Gasteiger partial charge in [0.05, 0.1) is 11.6 Å². The summed E-state index contributed by atoms with van der Waals surface area (Å²) in [6.07, 6.45) is 4.61. The molecule has 1 aliphatic carbocycles. The average molecular weight is 256 g/mol. The van der Waals surface area contributed by atoms with Gasteiger partial charge >= 0.3 is 0 Å². The number of ether oxygens (including phenoxy) is 1. The molecule has 0 spiro atoms. The number of hydrazine groups is 1. The Morgan fingerprint density at radius 1 is 1.17 bits per heavy atom. The topological polar surface area (TPSA) is 47.3 Å². The first-order chi connectivity index (χ1) is 8.17. The van der Waals surface area contributed by atoms with Crippen LogP contribution in [0.25, 0.3) is 0 Å². The quantitative estimate of drug-likeness (QED) is 0.599. The third-order valence-electron chi connectivity index (χ3n) is 4.44. The van der Waals surface area contributed by atoms with Crippen LogP contribution >= 0.6 is 0 Å². The highest BCUT2D eigenvalue weighted by Crippen LogP contribution is 2.46. The van der Waals surface area contributed by atoms with E-state index in [4.69, 9.17) is 10.6 Å². The molecule has 0 aliphatic heterocycles. The number of nitrogens with one attached hydrogen (secondary N) is 1. The monoisotopic (exact) mass is 256 g/mol. The van der Waals surface area contributed by atoms with Gasteiger partial charge in [0.2, 0.25) is 0 Å². The van der Waals surface area contributed by atoms with Gasteiger partial charge in [-0.1, -0.05) is 34.6 Å². The Morgan fingerprint density at radius 2 is 1.67 bits per heavy atom. The molecule has 18 heavy (non-hydrogen) atoms. The molecule has 0 radical (unpaired) electrons. The van der Waals surface area contributed by atoms with E-state index in [1.807, 2.05) is 0 Å². The minimum absolute atomic E-state index is 0.0999. The van der Waals surface area contributed by atoms with Gasteiger partial charge in [0, 0.05) is 6.61 Å². The van der Waals surface area contributed by atoms with Crippen LogP contribution in [0.1, 0.15) is 67.2 Å². The molecule has 3 nitrogen and oxygen atoms in total. The number of nitrogens with two attached hydrogens (primary N) is 1.